The minimum Gasteiger partial charge on any atom is -0.366 e. The van der Waals surface area contributed by atoms with Gasteiger partial charge in [-0.1, -0.05) is 12.1 Å². The van der Waals surface area contributed by atoms with E-state index >= 15 is 0 Å². The molecule has 0 bridgehead atoms. The number of rotatable bonds is 4. The van der Waals surface area contributed by atoms with Crippen molar-refractivity contribution in [3.63, 3.8) is 0 Å². The predicted molar refractivity (Wildman–Crippen MR) is 85.3 cm³/mol. The third kappa shape index (κ3) is 3.91. The number of para-hydroxylation sites is 2. The molecule has 2 rings (SSSR count). The summed E-state index contributed by atoms with van der Waals surface area (Å²) in [6.07, 6.45) is 0. The van der Waals surface area contributed by atoms with E-state index in [9.17, 15) is 24.5 Å². The van der Waals surface area contributed by atoms with Crippen LogP contribution >= 0.6 is 0 Å². The molecule has 0 aliphatic carbocycles. The lowest BCUT2D eigenvalue weighted by molar-refractivity contribution is -0.383. The van der Waals surface area contributed by atoms with Crippen LogP contribution in [0, 0.1) is 10.1 Å². The van der Waals surface area contributed by atoms with Crippen LogP contribution in [0.1, 0.15) is 10.4 Å². The van der Waals surface area contributed by atoms with Gasteiger partial charge in [-0.15, -0.1) is 0 Å². The van der Waals surface area contributed by atoms with Crippen LogP contribution in [0.2, 0.25) is 0 Å². The zero-order chi connectivity index (χ0) is 17.7. The summed E-state index contributed by atoms with van der Waals surface area (Å²) >= 11 is 0. The topological polar surface area (TPSA) is 144 Å². The first-order valence-electron chi connectivity index (χ1n) is 6.64. The first-order valence-corrected chi connectivity index (χ1v) is 6.64. The summed E-state index contributed by atoms with van der Waals surface area (Å²) in [6, 6.07) is 11.0. The van der Waals surface area contributed by atoms with Crippen LogP contribution in [0.5, 0.6) is 0 Å². The van der Waals surface area contributed by atoms with Crippen molar-refractivity contribution < 1.29 is 19.3 Å². The van der Waals surface area contributed by atoms with Crippen LogP contribution in [0.3, 0.4) is 0 Å². The van der Waals surface area contributed by atoms with E-state index in [2.05, 4.69) is 10.6 Å². The molecule has 122 valence electrons. The molecule has 0 spiro atoms. The Kier molecular flexibility index (Phi) is 4.85. The molecular formula is C15H12N4O5. The van der Waals surface area contributed by atoms with Crippen LogP contribution < -0.4 is 16.4 Å². The summed E-state index contributed by atoms with van der Waals surface area (Å²) in [6.45, 7) is 0. The Labute approximate surface area is 135 Å². The van der Waals surface area contributed by atoms with E-state index < -0.39 is 22.6 Å². The van der Waals surface area contributed by atoms with E-state index in [1.165, 1.54) is 48.5 Å². The zero-order valence-corrected chi connectivity index (χ0v) is 12.2. The zero-order valence-electron chi connectivity index (χ0n) is 12.2. The Morgan fingerprint density at radius 2 is 1.50 bits per heavy atom. The molecule has 0 radical (unpaired) electrons. The molecule has 0 aliphatic heterocycles. The standard InChI is InChI=1S/C15H12N4O5/c16-13(20)9-5-7-10(8-6-9)17-14(21)15(22)18-11-3-1-2-4-12(11)19(23)24/h1-8H,(H2,16,20)(H,17,21)(H,18,22). The molecule has 0 atom stereocenters. The average Bonchev–Trinajstić information content (AvgIpc) is 2.55. The van der Waals surface area contributed by atoms with Gasteiger partial charge in [0.05, 0.1) is 4.92 Å². The number of nitrogens with two attached hydrogens (primary N) is 1. The molecule has 24 heavy (non-hydrogen) atoms. The summed E-state index contributed by atoms with van der Waals surface area (Å²) in [7, 11) is 0. The number of primary amides is 1. The first-order chi connectivity index (χ1) is 11.4. The van der Waals surface area contributed by atoms with Crippen LogP contribution in [0.25, 0.3) is 0 Å². The highest BCUT2D eigenvalue weighted by atomic mass is 16.6. The molecule has 4 N–H and O–H groups in total. The highest BCUT2D eigenvalue weighted by Crippen LogP contribution is 2.23. The molecule has 0 fully saturated rings. The number of carbonyl (C=O) groups excluding carboxylic acids is 3. The molecule has 0 aromatic heterocycles. The quantitative estimate of drug-likeness (QED) is 0.439. The Hall–Kier alpha value is -3.75. The Morgan fingerprint density at radius 3 is 2.08 bits per heavy atom. The number of carbonyl (C=O) groups is 3. The van der Waals surface area contributed by atoms with Crippen molar-refractivity contribution in [1.29, 1.82) is 0 Å². The van der Waals surface area contributed by atoms with Gasteiger partial charge >= 0.3 is 11.8 Å². The van der Waals surface area contributed by atoms with E-state index in [1.54, 1.807) is 0 Å². The number of nitrogens with zero attached hydrogens (tertiary/aromatic N) is 1. The number of nitrogens with one attached hydrogen (secondary N) is 2. The number of hydrogen-bond donors (Lipinski definition) is 3. The summed E-state index contributed by atoms with van der Waals surface area (Å²) in [5.41, 5.74) is 5.19. The van der Waals surface area contributed by atoms with Gasteiger partial charge in [-0.25, -0.2) is 0 Å². The summed E-state index contributed by atoms with van der Waals surface area (Å²) in [5, 5.41) is 15.3. The molecule has 0 saturated carbocycles. The number of nitro benzene ring substituents is 1. The molecular weight excluding hydrogens is 316 g/mol. The first kappa shape index (κ1) is 16.6. The fourth-order valence-electron chi connectivity index (χ4n) is 1.82. The fraction of sp³-hybridized carbons (Fsp3) is 0. The smallest absolute Gasteiger partial charge is 0.314 e. The van der Waals surface area contributed by atoms with Gasteiger partial charge in [0.25, 0.3) is 5.69 Å². The maximum atomic E-state index is 11.8. The van der Waals surface area contributed by atoms with Gasteiger partial charge in [0.1, 0.15) is 5.69 Å². The predicted octanol–water partition coefficient (Wildman–Crippen LogP) is 1.27. The number of anilines is 2. The molecule has 9 heteroatoms. The largest absolute Gasteiger partial charge is 0.366 e. The molecule has 0 saturated heterocycles. The highest BCUT2D eigenvalue weighted by Gasteiger charge is 2.19. The Bertz CT molecular complexity index is 817. The van der Waals surface area contributed by atoms with E-state index in [1.807, 2.05) is 0 Å². The van der Waals surface area contributed by atoms with Gasteiger partial charge in [0.2, 0.25) is 5.91 Å². The molecule has 0 heterocycles. The summed E-state index contributed by atoms with van der Waals surface area (Å²) < 4.78 is 0. The molecule has 0 aliphatic rings. The van der Waals surface area contributed by atoms with Gasteiger partial charge < -0.3 is 16.4 Å². The molecule has 0 unspecified atom stereocenters. The van der Waals surface area contributed by atoms with Gasteiger partial charge in [0.15, 0.2) is 0 Å². The number of hydrogen-bond acceptors (Lipinski definition) is 5. The van der Waals surface area contributed by atoms with Crippen molar-refractivity contribution in [2.45, 2.75) is 0 Å². The van der Waals surface area contributed by atoms with Gasteiger partial charge in [0, 0.05) is 17.3 Å². The van der Waals surface area contributed by atoms with Gasteiger partial charge in [-0.05, 0) is 30.3 Å². The van der Waals surface area contributed by atoms with Crippen molar-refractivity contribution in [2.75, 3.05) is 10.6 Å². The normalized spacial score (nSPS) is 9.83. The molecule has 2 aromatic carbocycles. The molecule has 3 amide bonds. The van der Waals surface area contributed by atoms with Crippen LogP contribution in [0.4, 0.5) is 17.1 Å². The van der Waals surface area contributed by atoms with Crippen LogP contribution in [-0.4, -0.2) is 22.6 Å². The van der Waals surface area contributed by atoms with Gasteiger partial charge in [-0.3, -0.25) is 24.5 Å². The van der Waals surface area contributed by atoms with Crippen LogP contribution in [-0.2, 0) is 9.59 Å². The molecule has 9 nitrogen and oxygen atoms in total. The van der Waals surface area contributed by atoms with Gasteiger partial charge in [-0.2, -0.15) is 0 Å². The summed E-state index contributed by atoms with van der Waals surface area (Å²) in [4.78, 5) is 44.8. The third-order valence-corrected chi connectivity index (χ3v) is 2.98. The number of benzene rings is 2. The minimum absolute atomic E-state index is 0.0910. The number of amides is 3. The van der Waals surface area contributed by atoms with Crippen molar-refractivity contribution in [3.05, 3.63) is 64.2 Å². The highest BCUT2D eigenvalue weighted by molar-refractivity contribution is 6.43. The lowest BCUT2D eigenvalue weighted by atomic mass is 10.2. The maximum absolute atomic E-state index is 11.8. The monoisotopic (exact) mass is 328 g/mol. The Balaban J connectivity index is 2.06. The van der Waals surface area contributed by atoms with E-state index in [0.29, 0.717) is 0 Å². The van der Waals surface area contributed by atoms with Crippen molar-refractivity contribution in [2.24, 2.45) is 5.73 Å². The van der Waals surface area contributed by atoms with Crippen molar-refractivity contribution in [3.8, 4) is 0 Å². The molecule has 2 aromatic rings. The maximum Gasteiger partial charge on any atom is 0.314 e. The van der Waals surface area contributed by atoms with Crippen molar-refractivity contribution in [1.82, 2.24) is 0 Å². The SMILES string of the molecule is NC(=O)c1ccc(NC(=O)C(=O)Nc2ccccc2[N+](=O)[O-])cc1. The van der Waals surface area contributed by atoms with E-state index in [0.717, 1.165) is 0 Å². The van der Waals surface area contributed by atoms with E-state index in [-0.39, 0.29) is 22.6 Å². The van der Waals surface area contributed by atoms with Crippen LogP contribution in [0.15, 0.2) is 48.5 Å². The summed E-state index contributed by atoms with van der Waals surface area (Å²) in [5.74, 6) is -2.70. The number of nitro groups is 1. The van der Waals surface area contributed by atoms with E-state index in [4.69, 9.17) is 5.73 Å². The lowest BCUT2D eigenvalue weighted by Crippen LogP contribution is -2.29. The third-order valence-electron chi connectivity index (χ3n) is 2.98. The fourth-order valence-corrected chi connectivity index (χ4v) is 1.82. The second-order valence-corrected chi connectivity index (χ2v) is 4.62. The minimum atomic E-state index is -1.07. The lowest BCUT2D eigenvalue weighted by Gasteiger charge is -2.07. The average molecular weight is 328 g/mol. The second kappa shape index (κ2) is 7.01. The Morgan fingerprint density at radius 1 is 0.917 bits per heavy atom. The van der Waals surface area contributed by atoms with Crippen molar-refractivity contribution >= 4 is 34.8 Å². The second-order valence-electron chi connectivity index (χ2n) is 4.62.